The molecule has 12 heteroatoms. The van der Waals surface area contributed by atoms with Gasteiger partial charge in [-0.15, -0.1) is 0 Å². The first-order valence-electron chi connectivity index (χ1n) is 27.5. The molecule has 0 rings (SSSR count). The molecule has 0 aliphatic carbocycles. The minimum atomic E-state index is -4.77. The van der Waals surface area contributed by atoms with E-state index >= 15 is 0 Å². The molecule has 0 aromatic rings. The molecule has 0 aromatic heterocycles. The van der Waals surface area contributed by atoms with Crippen LogP contribution in [0.25, 0.3) is 0 Å². The second-order valence-electron chi connectivity index (χ2n) is 18.0. The lowest BCUT2D eigenvalue weighted by Gasteiger charge is -2.21. The lowest BCUT2D eigenvalue weighted by atomic mass is 10.1. The van der Waals surface area contributed by atoms with Crippen molar-refractivity contribution in [2.24, 2.45) is 0 Å². The van der Waals surface area contributed by atoms with E-state index in [1.54, 1.807) is 6.08 Å². The van der Waals surface area contributed by atoms with Gasteiger partial charge in [-0.2, -0.15) is 0 Å². The summed E-state index contributed by atoms with van der Waals surface area (Å²) in [5.41, 5.74) is 0. The maximum Gasteiger partial charge on any atom is 0.472 e. The normalized spacial score (nSPS) is 14.1. The zero-order chi connectivity index (χ0) is 51.3. The highest BCUT2D eigenvalue weighted by Crippen LogP contribution is 2.43. The van der Waals surface area contributed by atoms with Crippen LogP contribution < -0.4 is 0 Å². The fourth-order valence-electron chi connectivity index (χ4n) is 7.17. The Labute approximate surface area is 426 Å². The van der Waals surface area contributed by atoms with E-state index in [9.17, 15) is 28.9 Å². The Morgan fingerprint density at radius 1 is 0.429 bits per heavy atom. The molecule has 0 saturated carbocycles. The first kappa shape index (κ1) is 66.7. The van der Waals surface area contributed by atoms with E-state index in [-0.39, 0.29) is 25.9 Å². The zero-order valence-electron chi connectivity index (χ0n) is 44.2. The van der Waals surface area contributed by atoms with Crippen molar-refractivity contribution in [3.63, 3.8) is 0 Å². The molecular formula is C58H99O11P. The van der Waals surface area contributed by atoms with Crippen molar-refractivity contribution in [2.75, 3.05) is 26.4 Å². The van der Waals surface area contributed by atoms with Crippen molar-refractivity contribution >= 4 is 25.7 Å². The smallest absolute Gasteiger partial charge is 0.462 e. The Morgan fingerprint density at radius 2 is 0.800 bits per heavy atom. The zero-order valence-corrected chi connectivity index (χ0v) is 45.1. The second kappa shape index (κ2) is 52.0. The van der Waals surface area contributed by atoms with Gasteiger partial charge < -0.3 is 24.2 Å². The fourth-order valence-corrected chi connectivity index (χ4v) is 7.95. The van der Waals surface area contributed by atoms with Crippen molar-refractivity contribution in [1.29, 1.82) is 0 Å². The molecule has 0 aliphatic rings. The summed E-state index contributed by atoms with van der Waals surface area (Å²) in [5, 5.41) is 9.77. The highest BCUT2D eigenvalue weighted by Gasteiger charge is 2.28. The molecule has 0 aliphatic heterocycles. The van der Waals surface area contributed by atoms with Gasteiger partial charge in [-0.05, 0) is 77.0 Å². The van der Waals surface area contributed by atoms with Crippen LogP contribution in [0.1, 0.15) is 226 Å². The molecule has 0 fully saturated rings. The number of esters is 3. The first-order valence-corrected chi connectivity index (χ1v) is 29.0. The van der Waals surface area contributed by atoms with E-state index < -0.39 is 57.8 Å². The van der Waals surface area contributed by atoms with Gasteiger partial charge in [0.25, 0.3) is 0 Å². The van der Waals surface area contributed by atoms with Crippen LogP contribution in [-0.4, -0.2) is 66.5 Å². The number of rotatable bonds is 50. The lowest BCUT2D eigenvalue weighted by Crippen LogP contribution is -2.30. The number of phosphoric ester groups is 1. The Kier molecular flexibility index (Phi) is 49.5. The van der Waals surface area contributed by atoms with Gasteiger partial charge in [0, 0.05) is 12.8 Å². The molecule has 0 spiro atoms. The van der Waals surface area contributed by atoms with Gasteiger partial charge in [-0.1, -0.05) is 215 Å². The van der Waals surface area contributed by atoms with E-state index in [2.05, 4.69) is 81.5 Å². The molecule has 402 valence electrons. The number of carbonyl (C=O) groups excluding carboxylic acids is 3. The number of phosphoric acid groups is 1. The van der Waals surface area contributed by atoms with Crippen molar-refractivity contribution < 1.29 is 52.2 Å². The summed E-state index contributed by atoms with van der Waals surface area (Å²) in [7, 11) is -4.77. The van der Waals surface area contributed by atoms with Crippen molar-refractivity contribution in [2.45, 2.75) is 238 Å². The monoisotopic (exact) mass is 1000 g/mol. The van der Waals surface area contributed by atoms with Crippen LogP contribution in [0.4, 0.5) is 0 Å². The molecule has 0 amide bonds. The van der Waals surface area contributed by atoms with Crippen LogP contribution in [0.5, 0.6) is 0 Å². The van der Waals surface area contributed by atoms with Gasteiger partial charge in [-0.25, -0.2) is 4.57 Å². The number of aliphatic hydroxyl groups excluding tert-OH is 1. The first-order chi connectivity index (χ1) is 34.2. The van der Waals surface area contributed by atoms with Gasteiger partial charge in [0.1, 0.15) is 12.7 Å². The maximum atomic E-state index is 12.9. The third-order valence-corrected chi connectivity index (χ3v) is 12.3. The summed E-state index contributed by atoms with van der Waals surface area (Å²) >= 11 is 0. The van der Waals surface area contributed by atoms with Crippen LogP contribution in [0.2, 0.25) is 0 Å². The summed E-state index contributed by atoms with van der Waals surface area (Å²) < 4.78 is 39.3. The summed E-state index contributed by atoms with van der Waals surface area (Å²) in [6.07, 6.45) is 58.6. The van der Waals surface area contributed by atoms with E-state index in [4.69, 9.17) is 23.3 Å². The number of ether oxygens (including phenoxy) is 3. The SMILES string of the molecule is CC/C=C\C/C=C\C/C=C\C/C=C\C/C=C\CC(=O)OC(CO)COP(=O)(O)OCC(COC(=O)CCCCCCCCCCCCC)OC(=O)CCCCCCCCC/C=C\C/C=C\CCCCC. The largest absolute Gasteiger partial charge is 0.472 e. The maximum absolute atomic E-state index is 12.9. The van der Waals surface area contributed by atoms with Gasteiger partial charge in [-0.3, -0.25) is 23.4 Å². The number of hydrogen-bond acceptors (Lipinski definition) is 10. The van der Waals surface area contributed by atoms with Crippen LogP contribution in [0.15, 0.2) is 85.1 Å². The standard InChI is InChI=1S/C58H99O11P/c1-4-7-10-13-16-19-22-24-26-27-29-31-34-37-40-43-46-49-58(62)69-55(51-65-56(60)47-44-41-38-35-32-21-18-15-12-9-6-3)53-67-70(63,64)66-52-54(50-59)68-57(61)48-45-42-39-36-33-30-28-25-23-20-17-14-11-8-5-2/h8,11,16-17,19-20,24-26,28,33,36,42,45,54-55,59H,4-7,9-10,12-15,18,21-23,27,29-32,34-35,37-41,43-44,46-53H2,1-3H3,(H,63,64)/b11-8-,19-16-,20-17-,26-24-,28-25-,36-33-,45-42-. The minimum absolute atomic E-state index is 0.0573. The average Bonchev–Trinajstić information content (AvgIpc) is 3.35. The summed E-state index contributed by atoms with van der Waals surface area (Å²) in [4.78, 5) is 48.3. The van der Waals surface area contributed by atoms with Crippen molar-refractivity contribution in [3.05, 3.63) is 85.1 Å². The van der Waals surface area contributed by atoms with Crippen molar-refractivity contribution in [3.8, 4) is 0 Å². The molecule has 3 unspecified atom stereocenters. The van der Waals surface area contributed by atoms with Gasteiger partial charge >= 0.3 is 25.7 Å². The molecule has 0 radical (unpaired) electrons. The topological polar surface area (TPSA) is 155 Å². The fraction of sp³-hybridized carbons (Fsp3) is 0.707. The van der Waals surface area contributed by atoms with Crippen molar-refractivity contribution in [1.82, 2.24) is 0 Å². The molecule has 70 heavy (non-hydrogen) atoms. The quantitative estimate of drug-likeness (QED) is 0.0197. The van der Waals surface area contributed by atoms with E-state index in [1.807, 2.05) is 18.2 Å². The third kappa shape index (κ3) is 49.6. The highest BCUT2D eigenvalue weighted by atomic mass is 31.2. The second-order valence-corrected chi connectivity index (χ2v) is 19.5. The highest BCUT2D eigenvalue weighted by molar-refractivity contribution is 7.47. The number of allylic oxidation sites excluding steroid dienone is 13. The van der Waals surface area contributed by atoms with E-state index in [0.29, 0.717) is 19.3 Å². The Balaban J connectivity index is 4.80. The van der Waals surface area contributed by atoms with Gasteiger partial charge in [0.2, 0.25) is 0 Å². The predicted molar refractivity (Wildman–Crippen MR) is 288 cm³/mol. The minimum Gasteiger partial charge on any atom is -0.462 e. The molecule has 0 heterocycles. The Bertz CT molecular complexity index is 1500. The summed E-state index contributed by atoms with van der Waals surface area (Å²) in [6, 6.07) is 0. The molecule has 11 nitrogen and oxygen atoms in total. The number of aliphatic hydroxyl groups is 1. The Morgan fingerprint density at radius 3 is 1.29 bits per heavy atom. The van der Waals surface area contributed by atoms with Crippen LogP contribution in [0, 0.1) is 0 Å². The molecule has 0 saturated heterocycles. The van der Waals surface area contributed by atoms with Crippen LogP contribution >= 0.6 is 7.82 Å². The van der Waals surface area contributed by atoms with Crippen LogP contribution in [-0.2, 0) is 42.2 Å². The number of unbranched alkanes of at least 4 members (excludes halogenated alkanes) is 20. The Hall–Kier alpha value is -3.34. The summed E-state index contributed by atoms with van der Waals surface area (Å²) in [6.45, 7) is 4.37. The molecular weight excluding hydrogens is 904 g/mol. The molecule has 0 bridgehead atoms. The van der Waals surface area contributed by atoms with Gasteiger partial charge in [0.15, 0.2) is 6.10 Å². The van der Waals surface area contributed by atoms with E-state index in [1.165, 1.54) is 83.5 Å². The van der Waals surface area contributed by atoms with Gasteiger partial charge in [0.05, 0.1) is 26.2 Å². The van der Waals surface area contributed by atoms with E-state index in [0.717, 1.165) is 83.5 Å². The summed E-state index contributed by atoms with van der Waals surface area (Å²) in [5.74, 6) is -1.61. The molecule has 0 aromatic carbocycles. The average molecular weight is 1000 g/mol. The number of hydrogen-bond donors (Lipinski definition) is 2. The number of carbonyl (C=O) groups is 3. The predicted octanol–water partition coefficient (Wildman–Crippen LogP) is 15.9. The molecule has 2 N–H and O–H groups in total. The third-order valence-electron chi connectivity index (χ3n) is 11.3. The van der Waals surface area contributed by atoms with Crippen LogP contribution in [0.3, 0.4) is 0 Å². The lowest BCUT2D eigenvalue weighted by molar-refractivity contribution is -0.161. The molecule has 3 atom stereocenters.